The Morgan fingerprint density at radius 2 is 2.00 bits per heavy atom. The van der Waals surface area contributed by atoms with Crippen molar-refractivity contribution in [2.75, 3.05) is 0 Å². The van der Waals surface area contributed by atoms with Crippen LogP contribution in [0.15, 0.2) is 24.3 Å². The lowest BCUT2D eigenvalue weighted by Crippen LogP contribution is -2.16. The fourth-order valence-electron chi connectivity index (χ4n) is 2.40. The van der Waals surface area contributed by atoms with Crippen LogP contribution in [-0.2, 0) is 5.88 Å². The molecule has 1 aliphatic rings. The van der Waals surface area contributed by atoms with Crippen LogP contribution in [0.25, 0.3) is 5.69 Å². The number of nitrogens with two attached hydrogens (primary N) is 1. The Labute approximate surface area is 121 Å². The van der Waals surface area contributed by atoms with Crippen molar-refractivity contribution in [1.82, 2.24) is 14.8 Å². The average Bonchev–Trinajstić information content (AvgIpc) is 2.80. The normalized spacial score (nSPS) is 15.1. The number of rotatable bonds is 4. The van der Waals surface area contributed by atoms with Crippen LogP contribution in [0.4, 0.5) is 0 Å². The maximum absolute atomic E-state index is 11.1. The highest BCUT2D eigenvalue weighted by Crippen LogP contribution is 2.36. The van der Waals surface area contributed by atoms with Crippen LogP contribution in [-0.4, -0.2) is 20.7 Å². The molecule has 0 atom stereocenters. The van der Waals surface area contributed by atoms with Crippen molar-refractivity contribution in [3.8, 4) is 5.69 Å². The molecule has 1 aromatic carbocycles. The zero-order valence-corrected chi connectivity index (χ0v) is 11.7. The van der Waals surface area contributed by atoms with E-state index < -0.39 is 5.91 Å². The summed E-state index contributed by atoms with van der Waals surface area (Å²) in [5.41, 5.74) is 6.66. The summed E-state index contributed by atoms with van der Waals surface area (Å²) in [5.74, 6) is 2.00. The molecule has 2 aromatic rings. The number of alkyl halides is 1. The van der Waals surface area contributed by atoms with Gasteiger partial charge in [0.2, 0.25) is 5.91 Å². The molecule has 20 heavy (non-hydrogen) atoms. The quantitative estimate of drug-likeness (QED) is 0.879. The first-order valence-corrected chi connectivity index (χ1v) is 7.14. The monoisotopic (exact) mass is 290 g/mol. The summed E-state index contributed by atoms with van der Waals surface area (Å²) in [5, 5.41) is 8.44. The van der Waals surface area contributed by atoms with Crippen LogP contribution in [0.2, 0.25) is 0 Å². The molecule has 0 aliphatic heterocycles. The van der Waals surface area contributed by atoms with Gasteiger partial charge in [0, 0.05) is 17.2 Å². The first kappa shape index (κ1) is 13.1. The van der Waals surface area contributed by atoms with Crippen LogP contribution in [0.3, 0.4) is 0 Å². The van der Waals surface area contributed by atoms with Crippen LogP contribution in [0, 0.1) is 0 Å². The number of carbonyl (C=O) groups is 1. The third kappa shape index (κ3) is 2.18. The van der Waals surface area contributed by atoms with E-state index in [0.29, 0.717) is 17.4 Å². The number of hydrogen-bond acceptors (Lipinski definition) is 3. The summed E-state index contributed by atoms with van der Waals surface area (Å²) in [6, 6.07) is 7.11. The van der Waals surface area contributed by atoms with E-state index in [1.54, 1.807) is 12.1 Å². The van der Waals surface area contributed by atoms with Gasteiger partial charge < -0.3 is 5.73 Å². The Hall–Kier alpha value is -1.88. The SMILES string of the molecule is NC(=O)c1ccc(-n2c(CCl)nnc2C2CCC2)cc1. The van der Waals surface area contributed by atoms with Crippen molar-refractivity contribution in [3.63, 3.8) is 0 Å². The highest BCUT2D eigenvalue weighted by atomic mass is 35.5. The minimum absolute atomic E-state index is 0.303. The van der Waals surface area contributed by atoms with E-state index in [9.17, 15) is 4.79 Å². The van der Waals surface area contributed by atoms with Gasteiger partial charge in [0.05, 0.1) is 5.88 Å². The molecule has 5 nitrogen and oxygen atoms in total. The third-order valence-electron chi connectivity index (χ3n) is 3.75. The number of nitrogens with zero attached hydrogens (tertiary/aromatic N) is 3. The van der Waals surface area contributed by atoms with Crippen molar-refractivity contribution in [2.45, 2.75) is 31.1 Å². The highest BCUT2D eigenvalue weighted by molar-refractivity contribution is 6.16. The molecule has 2 N–H and O–H groups in total. The predicted molar refractivity (Wildman–Crippen MR) is 76.0 cm³/mol. The lowest BCUT2D eigenvalue weighted by Gasteiger charge is -2.25. The molecule has 104 valence electrons. The molecule has 0 saturated heterocycles. The second kappa shape index (κ2) is 5.25. The lowest BCUT2D eigenvalue weighted by atomic mass is 9.85. The molecule has 0 spiro atoms. The van der Waals surface area contributed by atoms with E-state index in [1.807, 2.05) is 16.7 Å². The molecule has 0 radical (unpaired) electrons. The van der Waals surface area contributed by atoms with Gasteiger partial charge >= 0.3 is 0 Å². The third-order valence-corrected chi connectivity index (χ3v) is 3.99. The van der Waals surface area contributed by atoms with Gasteiger partial charge in [-0.15, -0.1) is 21.8 Å². The maximum Gasteiger partial charge on any atom is 0.248 e. The van der Waals surface area contributed by atoms with E-state index in [-0.39, 0.29) is 0 Å². The van der Waals surface area contributed by atoms with Crippen molar-refractivity contribution < 1.29 is 4.79 Å². The number of amides is 1. The first-order chi connectivity index (χ1) is 9.70. The zero-order chi connectivity index (χ0) is 14.1. The van der Waals surface area contributed by atoms with Gasteiger partial charge in [-0.2, -0.15) is 0 Å². The Morgan fingerprint density at radius 1 is 1.30 bits per heavy atom. The Bertz CT molecular complexity index is 631. The van der Waals surface area contributed by atoms with Crippen molar-refractivity contribution in [1.29, 1.82) is 0 Å². The van der Waals surface area contributed by atoms with E-state index in [0.717, 1.165) is 30.2 Å². The van der Waals surface area contributed by atoms with Crippen LogP contribution >= 0.6 is 11.6 Å². The van der Waals surface area contributed by atoms with Crippen LogP contribution in [0.5, 0.6) is 0 Å². The molecular weight excluding hydrogens is 276 g/mol. The molecular formula is C14H15ClN4O. The Kier molecular flexibility index (Phi) is 3.44. The second-order valence-corrected chi connectivity index (χ2v) is 5.25. The van der Waals surface area contributed by atoms with Crippen molar-refractivity contribution in [2.24, 2.45) is 5.73 Å². The van der Waals surface area contributed by atoms with Crippen molar-refractivity contribution >= 4 is 17.5 Å². The standard InChI is InChI=1S/C14H15ClN4O/c15-8-12-17-18-14(10-2-1-3-10)19(12)11-6-4-9(5-7-11)13(16)20/h4-7,10H,1-3,8H2,(H2,16,20). The van der Waals surface area contributed by atoms with Gasteiger partial charge in [-0.05, 0) is 37.1 Å². The molecule has 1 heterocycles. The first-order valence-electron chi connectivity index (χ1n) is 6.61. The number of halogens is 1. The number of benzene rings is 1. The topological polar surface area (TPSA) is 73.8 Å². The molecule has 1 saturated carbocycles. The molecule has 1 aliphatic carbocycles. The summed E-state index contributed by atoms with van der Waals surface area (Å²) in [6.45, 7) is 0. The van der Waals surface area contributed by atoms with E-state index >= 15 is 0 Å². The second-order valence-electron chi connectivity index (χ2n) is 4.98. The summed E-state index contributed by atoms with van der Waals surface area (Å²) in [4.78, 5) is 11.1. The number of carbonyl (C=O) groups excluding carboxylic acids is 1. The van der Waals surface area contributed by atoms with Crippen molar-refractivity contribution in [3.05, 3.63) is 41.5 Å². The van der Waals surface area contributed by atoms with E-state index in [1.165, 1.54) is 6.42 Å². The molecule has 0 bridgehead atoms. The summed E-state index contributed by atoms with van der Waals surface area (Å²) >= 11 is 5.95. The fourth-order valence-corrected chi connectivity index (χ4v) is 2.58. The smallest absolute Gasteiger partial charge is 0.248 e. The average molecular weight is 291 g/mol. The maximum atomic E-state index is 11.1. The highest BCUT2D eigenvalue weighted by Gasteiger charge is 2.27. The van der Waals surface area contributed by atoms with Gasteiger partial charge in [0.25, 0.3) is 0 Å². The number of hydrogen-bond donors (Lipinski definition) is 1. The Balaban J connectivity index is 2.03. The number of aromatic nitrogens is 3. The largest absolute Gasteiger partial charge is 0.366 e. The molecule has 1 amide bonds. The summed E-state index contributed by atoms with van der Waals surface area (Å²) in [7, 11) is 0. The van der Waals surface area contributed by atoms with Gasteiger partial charge in [0.15, 0.2) is 5.82 Å². The molecule has 6 heteroatoms. The van der Waals surface area contributed by atoms with Gasteiger partial charge in [0.1, 0.15) is 5.82 Å². The van der Waals surface area contributed by atoms with Crippen LogP contribution < -0.4 is 5.73 Å². The number of primary amides is 1. The summed E-state index contributed by atoms with van der Waals surface area (Å²) < 4.78 is 1.99. The van der Waals surface area contributed by atoms with Crippen LogP contribution in [0.1, 0.15) is 47.2 Å². The minimum atomic E-state index is -0.433. The molecule has 3 rings (SSSR count). The fraction of sp³-hybridized carbons (Fsp3) is 0.357. The van der Waals surface area contributed by atoms with Gasteiger partial charge in [-0.25, -0.2) is 0 Å². The van der Waals surface area contributed by atoms with E-state index in [4.69, 9.17) is 17.3 Å². The van der Waals surface area contributed by atoms with Gasteiger partial charge in [-0.1, -0.05) is 6.42 Å². The lowest BCUT2D eigenvalue weighted by molar-refractivity contribution is 0.100. The molecule has 1 fully saturated rings. The zero-order valence-electron chi connectivity index (χ0n) is 10.9. The summed E-state index contributed by atoms with van der Waals surface area (Å²) in [6.07, 6.45) is 3.51. The molecule has 0 unspecified atom stereocenters. The van der Waals surface area contributed by atoms with Gasteiger partial charge in [-0.3, -0.25) is 9.36 Å². The predicted octanol–water partition coefficient (Wildman–Crippen LogP) is 2.37. The molecule has 1 aromatic heterocycles. The minimum Gasteiger partial charge on any atom is -0.366 e. The van der Waals surface area contributed by atoms with E-state index in [2.05, 4.69) is 10.2 Å². The Morgan fingerprint density at radius 3 is 2.50 bits per heavy atom.